The van der Waals surface area contributed by atoms with Crippen molar-refractivity contribution in [1.82, 2.24) is 10.3 Å². The molecular formula is C15H18FN3O3. The van der Waals surface area contributed by atoms with Gasteiger partial charge in [0.15, 0.2) is 0 Å². The van der Waals surface area contributed by atoms with Crippen LogP contribution in [0.25, 0.3) is 10.9 Å². The van der Waals surface area contributed by atoms with Crippen LogP contribution in [0.3, 0.4) is 0 Å². The summed E-state index contributed by atoms with van der Waals surface area (Å²) >= 11 is 0. The molecule has 4 N–H and O–H groups in total. The van der Waals surface area contributed by atoms with Crippen LogP contribution < -0.4 is 10.6 Å². The number of carboxylic acid groups (broad SMARTS) is 1. The SMILES string of the molecule is Cc1c(F)ccc2cc(C(C)NC(=O)O)c(NCCO)nc12. The van der Waals surface area contributed by atoms with Crippen molar-refractivity contribution in [3.05, 3.63) is 35.1 Å². The third kappa shape index (κ3) is 3.25. The number of aryl methyl sites for hydroxylation is 1. The lowest BCUT2D eigenvalue weighted by atomic mass is 10.0. The summed E-state index contributed by atoms with van der Waals surface area (Å²) in [6.45, 7) is 3.50. The first-order chi connectivity index (χ1) is 10.4. The molecule has 7 heteroatoms. The zero-order valence-corrected chi connectivity index (χ0v) is 12.4. The number of aliphatic hydroxyl groups is 1. The molecule has 6 nitrogen and oxygen atoms in total. The molecule has 0 aliphatic heterocycles. The van der Waals surface area contributed by atoms with Crippen LogP contribution in [0.15, 0.2) is 18.2 Å². The van der Waals surface area contributed by atoms with Crippen molar-refractivity contribution in [2.45, 2.75) is 19.9 Å². The highest BCUT2D eigenvalue weighted by Crippen LogP contribution is 2.28. The summed E-state index contributed by atoms with van der Waals surface area (Å²) in [6, 6.07) is 4.24. The van der Waals surface area contributed by atoms with Crippen molar-refractivity contribution < 1.29 is 19.4 Å². The summed E-state index contributed by atoms with van der Waals surface area (Å²) in [4.78, 5) is 15.2. The van der Waals surface area contributed by atoms with Crippen LogP contribution in [-0.2, 0) is 0 Å². The van der Waals surface area contributed by atoms with Gasteiger partial charge in [0.25, 0.3) is 0 Å². The van der Waals surface area contributed by atoms with E-state index in [1.165, 1.54) is 6.07 Å². The third-order valence-corrected chi connectivity index (χ3v) is 3.41. The van der Waals surface area contributed by atoms with E-state index in [2.05, 4.69) is 15.6 Å². The quantitative estimate of drug-likeness (QED) is 0.680. The zero-order valence-electron chi connectivity index (χ0n) is 12.4. The lowest BCUT2D eigenvalue weighted by molar-refractivity contribution is 0.191. The van der Waals surface area contributed by atoms with Crippen molar-refractivity contribution in [1.29, 1.82) is 0 Å². The lowest BCUT2D eigenvalue weighted by Crippen LogP contribution is -2.25. The molecule has 2 aromatic rings. The second-order valence-electron chi connectivity index (χ2n) is 4.99. The number of aromatic nitrogens is 1. The van der Waals surface area contributed by atoms with Gasteiger partial charge in [0.05, 0.1) is 18.2 Å². The van der Waals surface area contributed by atoms with Gasteiger partial charge in [-0.2, -0.15) is 0 Å². The number of amides is 1. The normalized spacial score (nSPS) is 12.2. The molecule has 0 fully saturated rings. The monoisotopic (exact) mass is 307 g/mol. The van der Waals surface area contributed by atoms with E-state index >= 15 is 0 Å². The number of nitrogens with one attached hydrogen (secondary N) is 2. The molecule has 1 heterocycles. The highest BCUT2D eigenvalue weighted by Gasteiger charge is 2.16. The Morgan fingerprint density at radius 2 is 2.18 bits per heavy atom. The molecule has 0 aliphatic carbocycles. The summed E-state index contributed by atoms with van der Waals surface area (Å²) in [5.41, 5.74) is 1.57. The first kappa shape index (κ1) is 16.0. The van der Waals surface area contributed by atoms with E-state index in [1.807, 2.05) is 0 Å². The fourth-order valence-electron chi connectivity index (χ4n) is 2.28. The van der Waals surface area contributed by atoms with Crippen LogP contribution in [-0.4, -0.2) is 34.4 Å². The molecule has 0 bridgehead atoms. The van der Waals surface area contributed by atoms with E-state index in [0.717, 1.165) is 5.39 Å². The minimum atomic E-state index is -1.14. The number of rotatable bonds is 5. The van der Waals surface area contributed by atoms with Crippen molar-refractivity contribution in [3.8, 4) is 0 Å². The molecule has 0 aliphatic rings. The molecule has 0 saturated carbocycles. The van der Waals surface area contributed by atoms with E-state index in [4.69, 9.17) is 10.2 Å². The van der Waals surface area contributed by atoms with Crippen molar-refractivity contribution in [2.24, 2.45) is 0 Å². The average molecular weight is 307 g/mol. The molecule has 1 amide bonds. The number of hydrogen-bond donors (Lipinski definition) is 4. The topological polar surface area (TPSA) is 94.5 Å². The number of benzene rings is 1. The van der Waals surface area contributed by atoms with Gasteiger partial charge in [-0.15, -0.1) is 0 Å². The molecule has 0 radical (unpaired) electrons. The van der Waals surface area contributed by atoms with Crippen LogP contribution in [0.5, 0.6) is 0 Å². The second kappa shape index (κ2) is 6.57. The molecule has 1 atom stereocenters. The zero-order chi connectivity index (χ0) is 16.3. The smallest absolute Gasteiger partial charge is 0.405 e. The summed E-state index contributed by atoms with van der Waals surface area (Å²) in [5.74, 6) is 0.0778. The maximum Gasteiger partial charge on any atom is 0.405 e. The van der Waals surface area contributed by atoms with Gasteiger partial charge in [0, 0.05) is 23.1 Å². The maximum absolute atomic E-state index is 13.7. The van der Waals surface area contributed by atoms with Crippen LogP contribution >= 0.6 is 0 Å². The third-order valence-electron chi connectivity index (χ3n) is 3.41. The van der Waals surface area contributed by atoms with E-state index in [-0.39, 0.29) is 19.0 Å². The van der Waals surface area contributed by atoms with Gasteiger partial charge in [-0.1, -0.05) is 0 Å². The number of aliphatic hydroxyl groups excluding tert-OH is 1. The van der Waals surface area contributed by atoms with E-state index in [9.17, 15) is 9.18 Å². The molecule has 1 unspecified atom stereocenters. The number of carbonyl (C=O) groups is 1. The molecule has 2 rings (SSSR count). The number of pyridine rings is 1. The first-order valence-corrected chi connectivity index (χ1v) is 6.88. The van der Waals surface area contributed by atoms with Gasteiger partial charge in [-0.3, -0.25) is 0 Å². The fraction of sp³-hybridized carbons (Fsp3) is 0.333. The predicted octanol–water partition coefficient (Wildman–Crippen LogP) is 2.42. The average Bonchev–Trinajstić information content (AvgIpc) is 2.47. The Kier molecular flexibility index (Phi) is 4.77. The first-order valence-electron chi connectivity index (χ1n) is 6.88. The Morgan fingerprint density at radius 3 is 2.82 bits per heavy atom. The van der Waals surface area contributed by atoms with E-state index < -0.39 is 12.1 Å². The van der Waals surface area contributed by atoms with Gasteiger partial charge < -0.3 is 20.8 Å². The number of nitrogens with zero attached hydrogens (tertiary/aromatic N) is 1. The highest BCUT2D eigenvalue weighted by molar-refractivity contribution is 5.85. The Balaban J connectivity index is 2.56. The Hall–Kier alpha value is -2.41. The number of anilines is 1. The number of halogens is 1. The van der Waals surface area contributed by atoms with Crippen LogP contribution in [0.2, 0.25) is 0 Å². The fourth-order valence-corrected chi connectivity index (χ4v) is 2.28. The van der Waals surface area contributed by atoms with Gasteiger partial charge in [-0.05, 0) is 32.0 Å². The molecule has 0 saturated heterocycles. The predicted molar refractivity (Wildman–Crippen MR) is 81.6 cm³/mol. The molecule has 22 heavy (non-hydrogen) atoms. The van der Waals surface area contributed by atoms with Crippen LogP contribution in [0.4, 0.5) is 15.0 Å². The maximum atomic E-state index is 13.7. The van der Waals surface area contributed by atoms with Crippen molar-refractivity contribution >= 4 is 22.8 Å². The summed E-state index contributed by atoms with van der Waals surface area (Å²) in [6.07, 6.45) is -1.14. The molecule has 1 aromatic carbocycles. The molecule has 0 spiro atoms. The van der Waals surface area contributed by atoms with E-state index in [1.54, 1.807) is 26.0 Å². The highest BCUT2D eigenvalue weighted by atomic mass is 19.1. The van der Waals surface area contributed by atoms with Crippen LogP contribution in [0.1, 0.15) is 24.1 Å². The second-order valence-corrected chi connectivity index (χ2v) is 4.99. The van der Waals surface area contributed by atoms with Crippen LogP contribution in [0, 0.1) is 12.7 Å². The van der Waals surface area contributed by atoms with Gasteiger partial charge in [-0.25, -0.2) is 14.2 Å². The Bertz CT molecular complexity index is 706. The largest absolute Gasteiger partial charge is 0.465 e. The lowest BCUT2D eigenvalue weighted by Gasteiger charge is -2.18. The summed E-state index contributed by atoms with van der Waals surface area (Å²) in [7, 11) is 0. The number of fused-ring (bicyclic) bond motifs is 1. The minimum absolute atomic E-state index is 0.0952. The number of hydrogen-bond acceptors (Lipinski definition) is 4. The Morgan fingerprint density at radius 1 is 1.45 bits per heavy atom. The standard InChI is InChI=1S/C15H18FN3O3/c1-8-12(16)4-3-10-7-11(9(2)18-15(21)22)14(17-5-6-20)19-13(8)10/h3-4,7,9,18,20H,5-6H2,1-2H3,(H,17,19)(H,21,22). The van der Waals surface area contributed by atoms with Gasteiger partial charge in [0.1, 0.15) is 11.6 Å². The molecule has 118 valence electrons. The van der Waals surface area contributed by atoms with E-state index in [0.29, 0.717) is 22.5 Å². The van der Waals surface area contributed by atoms with Gasteiger partial charge in [0.2, 0.25) is 0 Å². The molecule has 1 aromatic heterocycles. The Labute approximate surface area is 127 Å². The minimum Gasteiger partial charge on any atom is -0.465 e. The van der Waals surface area contributed by atoms with Crippen molar-refractivity contribution in [2.75, 3.05) is 18.5 Å². The summed E-state index contributed by atoms with van der Waals surface area (Å²) in [5, 5.41) is 23.8. The molecular weight excluding hydrogens is 289 g/mol. The summed E-state index contributed by atoms with van der Waals surface area (Å²) < 4.78 is 13.7. The van der Waals surface area contributed by atoms with Crippen molar-refractivity contribution in [3.63, 3.8) is 0 Å². The van der Waals surface area contributed by atoms with Gasteiger partial charge >= 0.3 is 6.09 Å².